The molecule has 0 spiro atoms. The Morgan fingerprint density at radius 3 is 2.32 bits per heavy atom. The highest BCUT2D eigenvalue weighted by Crippen LogP contribution is 2.29. The van der Waals surface area contributed by atoms with Crippen molar-refractivity contribution in [1.29, 1.82) is 0 Å². The van der Waals surface area contributed by atoms with Gasteiger partial charge in [0.05, 0.1) is 10.0 Å². The van der Waals surface area contributed by atoms with Crippen LogP contribution in [0.5, 0.6) is 5.75 Å². The normalized spacial score (nSPS) is 12.2. The van der Waals surface area contributed by atoms with E-state index in [1.807, 2.05) is 0 Å². The van der Waals surface area contributed by atoms with Crippen molar-refractivity contribution in [3.63, 3.8) is 0 Å². The second-order valence-corrected chi connectivity index (χ2v) is 4.78. The van der Waals surface area contributed by atoms with E-state index in [4.69, 9.17) is 33.7 Å². The summed E-state index contributed by atoms with van der Waals surface area (Å²) >= 11 is 11.7. The molecular weight excluding hydrogens is 288 g/mol. The fourth-order valence-corrected chi connectivity index (χ4v) is 1.93. The predicted octanol–water partition coefficient (Wildman–Crippen LogP) is 4.21. The zero-order valence-corrected chi connectivity index (χ0v) is 11.5. The van der Waals surface area contributed by atoms with Crippen molar-refractivity contribution in [3.8, 4) is 5.75 Å². The van der Waals surface area contributed by atoms with Crippen LogP contribution in [0.2, 0.25) is 10.0 Å². The van der Waals surface area contributed by atoms with E-state index in [2.05, 4.69) is 0 Å². The van der Waals surface area contributed by atoms with Gasteiger partial charge in [-0.3, -0.25) is 0 Å². The number of hydrogen-bond donors (Lipinski definition) is 1. The van der Waals surface area contributed by atoms with Gasteiger partial charge in [-0.2, -0.15) is 0 Å². The van der Waals surface area contributed by atoms with Crippen LogP contribution in [0.3, 0.4) is 0 Å². The number of benzene rings is 2. The zero-order valence-electron chi connectivity index (χ0n) is 9.95. The summed E-state index contributed by atoms with van der Waals surface area (Å²) in [6, 6.07) is 11.0. The maximum atomic E-state index is 12.9. The molecule has 2 N–H and O–H groups in total. The van der Waals surface area contributed by atoms with Crippen molar-refractivity contribution in [1.82, 2.24) is 0 Å². The van der Waals surface area contributed by atoms with Gasteiger partial charge in [-0.1, -0.05) is 35.3 Å². The quantitative estimate of drug-likeness (QED) is 0.918. The van der Waals surface area contributed by atoms with Crippen LogP contribution < -0.4 is 10.5 Å². The van der Waals surface area contributed by atoms with Gasteiger partial charge in [0.2, 0.25) is 0 Å². The van der Waals surface area contributed by atoms with Gasteiger partial charge in [-0.15, -0.1) is 0 Å². The average Bonchev–Trinajstić information content (AvgIpc) is 2.41. The molecule has 1 atom stereocenters. The minimum Gasteiger partial charge on any atom is -0.484 e. The molecule has 0 aliphatic rings. The lowest BCUT2D eigenvalue weighted by molar-refractivity contribution is 0.214. The third-order valence-corrected chi connectivity index (χ3v) is 3.36. The first-order valence-electron chi connectivity index (χ1n) is 5.67. The first kappa shape index (κ1) is 14.1. The van der Waals surface area contributed by atoms with Crippen LogP contribution in [0.1, 0.15) is 11.7 Å². The van der Waals surface area contributed by atoms with E-state index in [-0.39, 0.29) is 18.5 Å². The predicted molar refractivity (Wildman–Crippen MR) is 75.3 cm³/mol. The fourth-order valence-electron chi connectivity index (χ4n) is 1.64. The highest BCUT2D eigenvalue weighted by atomic mass is 35.5. The highest BCUT2D eigenvalue weighted by Gasteiger charge is 2.12. The molecule has 0 fully saturated rings. The van der Waals surface area contributed by atoms with Crippen molar-refractivity contribution in [2.75, 3.05) is 6.54 Å². The molecule has 0 saturated carbocycles. The second kappa shape index (κ2) is 6.24. The van der Waals surface area contributed by atoms with Crippen molar-refractivity contribution in [2.45, 2.75) is 6.10 Å². The average molecular weight is 300 g/mol. The van der Waals surface area contributed by atoms with E-state index in [1.54, 1.807) is 30.3 Å². The fraction of sp³-hybridized carbons (Fsp3) is 0.143. The van der Waals surface area contributed by atoms with E-state index in [9.17, 15) is 4.39 Å². The van der Waals surface area contributed by atoms with Gasteiger partial charge < -0.3 is 10.5 Å². The summed E-state index contributed by atoms with van der Waals surface area (Å²) < 4.78 is 18.6. The smallest absolute Gasteiger partial charge is 0.136 e. The molecule has 0 radical (unpaired) electrons. The maximum Gasteiger partial charge on any atom is 0.136 e. The van der Waals surface area contributed by atoms with Crippen LogP contribution in [-0.4, -0.2) is 6.54 Å². The lowest BCUT2D eigenvalue weighted by Crippen LogP contribution is -2.18. The summed E-state index contributed by atoms with van der Waals surface area (Å²) in [6.45, 7) is 0.270. The Hall–Kier alpha value is -1.29. The molecule has 0 aliphatic carbocycles. The van der Waals surface area contributed by atoms with Crippen LogP contribution in [0, 0.1) is 5.82 Å². The van der Waals surface area contributed by atoms with Crippen LogP contribution in [0.25, 0.3) is 0 Å². The van der Waals surface area contributed by atoms with E-state index in [1.165, 1.54) is 12.1 Å². The van der Waals surface area contributed by atoms with E-state index in [0.29, 0.717) is 15.8 Å². The Morgan fingerprint density at radius 2 is 1.74 bits per heavy atom. The van der Waals surface area contributed by atoms with Gasteiger partial charge in [0.1, 0.15) is 17.7 Å². The molecule has 0 aromatic heterocycles. The number of hydrogen-bond acceptors (Lipinski definition) is 2. The van der Waals surface area contributed by atoms with Crippen molar-refractivity contribution in [3.05, 3.63) is 63.9 Å². The third kappa shape index (κ3) is 3.60. The van der Waals surface area contributed by atoms with Gasteiger partial charge >= 0.3 is 0 Å². The molecule has 0 bridgehead atoms. The molecule has 2 rings (SSSR count). The first-order valence-corrected chi connectivity index (χ1v) is 6.43. The number of rotatable bonds is 4. The summed E-state index contributed by atoms with van der Waals surface area (Å²) in [4.78, 5) is 0. The monoisotopic (exact) mass is 299 g/mol. The lowest BCUT2D eigenvalue weighted by atomic mass is 10.1. The van der Waals surface area contributed by atoms with Crippen molar-refractivity contribution in [2.24, 2.45) is 5.73 Å². The van der Waals surface area contributed by atoms with Crippen LogP contribution in [0.15, 0.2) is 42.5 Å². The van der Waals surface area contributed by atoms with Gasteiger partial charge in [0.25, 0.3) is 0 Å². The topological polar surface area (TPSA) is 35.2 Å². The summed E-state index contributed by atoms with van der Waals surface area (Å²) in [6.07, 6.45) is -0.363. The summed E-state index contributed by atoms with van der Waals surface area (Å²) in [5.74, 6) is 0.267. The number of ether oxygens (including phenoxy) is 1. The largest absolute Gasteiger partial charge is 0.484 e. The Balaban J connectivity index is 2.18. The molecule has 0 saturated heterocycles. The molecule has 0 amide bonds. The van der Waals surface area contributed by atoms with Crippen molar-refractivity contribution >= 4 is 23.2 Å². The summed E-state index contributed by atoms with van der Waals surface area (Å²) in [5, 5.41) is 0.870. The Morgan fingerprint density at radius 1 is 1.05 bits per heavy atom. The van der Waals surface area contributed by atoms with E-state index >= 15 is 0 Å². The first-order chi connectivity index (χ1) is 9.10. The third-order valence-electron chi connectivity index (χ3n) is 2.63. The number of nitrogens with two attached hydrogens (primary N) is 1. The van der Waals surface area contributed by atoms with Gasteiger partial charge in [-0.25, -0.2) is 4.39 Å². The minimum absolute atomic E-state index is 0.270. The van der Waals surface area contributed by atoms with Crippen LogP contribution in [-0.2, 0) is 0 Å². The Bertz CT molecular complexity index is 560. The molecule has 5 heteroatoms. The molecule has 0 heterocycles. The Labute approximate surface area is 120 Å². The van der Waals surface area contributed by atoms with E-state index < -0.39 is 0 Å². The minimum atomic E-state index is -0.363. The SMILES string of the molecule is NCC(Oc1ccc(Cl)c(Cl)c1)c1ccc(F)cc1. The van der Waals surface area contributed by atoms with E-state index in [0.717, 1.165) is 5.56 Å². The molecule has 2 aromatic rings. The molecule has 100 valence electrons. The van der Waals surface area contributed by atoms with Crippen LogP contribution in [0.4, 0.5) is 4.39 Å². The van der Waals surface area contributed by atoms with Crippen molar-refractivity contribution < 1.29 is 9.13 Å². The molecule has 1 unspecified atom stereocenters. The van der Waals surface area contributed by atoms with Crippen LogP contribution >= 0.6 is 23.2 Å². The summed E-state index contributed by atoms with van der Waals surface area (Å²) in [7, 11) is 0. The zero-order chi connectivity index (χ0) is 13.8. The highest BCUT2D eigenvalue weighted by molar-refractivity contribution is 6.42. The molecule has 19 heavy (non-hydrogen) atoms. The second-order valence-electron chi connectivity index (χ2n) is 3.97. The maximum absolute atomic E-state index is 12.9. The lowest BCUT2D eigenvalue weighted by Gasteiger charge is -2.18. The molecular formula is C14H12Cl2FNO. The molecule has 2 aromatic carbocycles. The molecule has 0 aliphatic heterocycles. The Kier molecular flexibility index (Phi) is 4.64. The number of halogens is 3. The van der Waals surface area contributed by atoms with Gasteiger partial charge in [0.15, 0.2) is 0 Å². The molecule has 2 nitrogen and oxygen atoms in total. The summed E-state index contributed by atoms with van der Waals surface area (Å²) in [5.41, 5.74) is 6.48. The van der Waals surface area contributed by atoms with Gasteiger partial charge in [-0.05, 0) is 29.8 Å². The van der Waals surface area contributed by atoms with Gasteiger partial charge in [0, 0.05) is 12.6 Å². The standard InChI is InChI=1S/C14H12Cl2FNO/c15-12-6-5-11(7-13(12)16)19-14(8-18)9-1-3-10(17)4-2-9/h1-7,14H,8,18H2.